The van der Waals surface area contributed by atoms with E-state index in [1.54, 1.807) is 6.07 Å². The summed E-state index contributed by atoms with van der Waals surface area (Å²) < 4.78 is 13.2. The van der Waals surface area contributed by atoms with Gasteiger partial charge in [0, 0.05) is 10.5 Å². The largest absolute Gasteiger partial charge is 0.207 e. The third-order valence-electron chi connectivity index (χ3n) is 1.02. The van der Waals surface area contributed by atoms with Crippen LogP contribution in [0.2, 0.25) is 0 Å². The average molecular weight is 232 g/mol. The second-order valence-corrected chi connectivity index (χ2v) is 2.93. The lowest BCUT2D eigenvalue weighted by atomic mass is 10.3. The van der Waals surface area contributed by atoms with E-state index in [4.69, 9.17) is 0 Å². The fraction of sp³-hybridized carbons (Fsp3) is 0. The number of hydrogen-bond donors (Lipinski definition) is 0. The van der Waals surface area contributed by atoms with Gasteiger partial charge in [-0.15, -0.1) is 0 Å². The standard InChI is InChI=1S/C7H3BrFNS/c8-5-1-6(9)3-7(2-5)10-4-11/h1-3H. The summed E-state index contributed by atoms with van der Waals surface area (Å²) in [5.74, 6) is -0.344. The highest BCUT2D eigenvalue weighted by Gasteiger charge is 1.95. The van der Waals surface area contributed by atoms with Crippen LogP contribution in [-0.2, 0) is 0 Å². The molecule has 0 bridgehead atoms. The van der Waals surface area contributed by atoms with Gasteiger partial charge in [-0.05, 0) is 24.4 Å². The van der Waals surface area contributed by atoms with Crippen molar-refractivity contribution in [3.63, 3.8) is 0 Å². The molecule has 0 amide bonds. The summed E-state index contributed by atoms with van der Waals surface area (Å²) in [5.41, 5.74) is 0.465. The van der Waals surface area contributed by atoms with Gasteiger partial charge in [0.1, 0.15) is 5.82 Å². The Morgan fingerprint density at radius 3 is 2.73 bits per heavy atom. The maximum absolute atomic E-state index is 12.6. The molecular weight excluding hydrogens is 229 g/mol. The van der Waals surface area contributed by atoms with Crippen molar-refractivity contribution in [3.8, 4) is 0 Å². The molecule has 11 heavy (non-hydrogen) atoms. The van der Waals surface area contributed by atoms with Gasteiger partial charge in [-0.1, -0.05) is 15.9 Å². The van der Waals surface area contributed by atoms with E-state index in [2.05, 4.69) is 38.3 Å². The minimum atomic E-state index is -0.344. The fourth-order valence-electron chi connectivity index (χ4n) is 0.657. The number of nitrogens with zero attached hydrogens (tertiary/aromatic N) is 1. The van der Waals surface area contributed by atoms with Crippen LogP contribution in [0.3, 0.4) is 0 Å². The maximum atomic E-state index is 12.6. The zero-order valence-electron chi connectivity index (χ0n) is 5.34. The SMILES string of the molecule is Fc1cc(Br)cc(N=C=S)c1. The molecule has 0 unspecified atom stereocenters. The number of halogens is 2. The van der Waals surface area contributed by atoms with Crippen molar-refractivity contribution in [1.82, 2.24) is 0 Å². The van der Waals surface area contributed by atoms with Crippen molar-refractivity contribution in [3.05, 3.63) is 28.5 Å². The molecular formula is C7H3BrFNS. The van der Waals surface area contributed by atoms with E-state index in [-0.39, 0.29) is 5.82 Å². The molecule has 0 saturated heterocycles. The Kier molecular flexibility index (Phi) is 2.88. The van der Waals surface area contributed by atoms with Gasteiger partial charge in [0.2, 0.25) is 0 Å². The van der Waals surface area contributed by atoms with Crippen LogP contribution in [0, 0.1) is 5.82 Å². The summed E-state index contributed by atoms with van der Waals surface area (Å²) in [5, 5.41) is 2.16. The number of rotatable bonds is 1. The number of aliphatic imine (C=N–C) groups is 1. The van der Waals surface area contributed by atoms with Crippen molar-refractivity contribution < 1.29 is 4.39 Å². The fourth-order valence-corrected chi connectivity index (χ4v) is 1.22. The predicted molar refractivity (Wildman–Crippen MR) is 48.8 cm³/mol. The first kappa shape index (κ1) is 8.53. The lowest BCUT2D eigenvalue weighted by Crippen LogP contribution is -1.72. The van der Waals surface area contributed by atoms with Gasteiger partial charge in [-0.3, -0.25) is 0 Å². The van der Waals surface area contributed by atoms with E-state index < -0.39 is 0 Å². The Morgan fingerprint density at radius 1 is 1.45 bits per heavy atom. The minimum absolute atomic E-state index is 0.344. The molecule has 1 nitrogen and oxygen atoms in total. The molecule has 4 heteroatoms. The molecule has 0 aliphatic heterocycles. The summed E-state index contributed by atoms with van der Waals surface area (Å²) in [6.45, 7) is 0. The van der Waals surface area contributed by atoms with E-state index >= 15 is 0 Å². The first-order valence-corrected chi connectivity index (χ1v) is 3.96. The first-order valence-electron chi connectivity index (χ1n) is 2.76. The molecule has 0 spiro atoms. The van der Waals surface area contributed by atoms with Crippen LogP contribution in [-0.4, -0.2) is 5.16 Å². The van der Waals surface area contributed by atoms with E-state index in [0.717, 1.165) is 0 Å². The average Bonchev–Trinajstić information content (AvgIpc) is 1.85. The van der Waals surface area contributed by atoms with Crippen LogP contribution >= 0.6 is 28.1 Å². The maximum Gasteiger partial charge on any atom is 0.126 e. The monoisotopic (exact) mass is 231 g/mol. The molecule has 0 saturated carbocycles. The Balaban J connectivity index is 3.18. The number of hydrogen-bond acceptors (Lipinski definition) is 2. The highest BCUT2D eigenvalue weighted by Crippen LogP contribution is 2.20. The van der Waals surface area contributed by atoms with Crippen LogP contribution in [0.5, 0.6) is 0 Å². The topological polar surface area (TPSA) is 12.4 Å². The number of benzene rings is 1. The highest BCUT2D eigenvalue weighted by molar-refractivity contribution is 9.10. The normalized spacial score (nSPS) is 8.91. The third kappa shape index (κ3) is 2.50. The van der Waals surface area contributed by atoms with Crippen molar-refractivity contribution in [1.29, 1.82) is 0 Å². The molecule has 0 aliphatic rings. The molecule has 1 aromatic carbocycles. The lowest BCUT2D eigenvalue weighted by Gasteiger charge is -1.92. The predicted octanol–water partition coefficient (Wildman–Crippen LogP) is 3.32. The zero-order chi connectivity index (χ0) is 8.27. The summed E-state index contributed by atoms with van der Waals surface area (Å²) in [6.07, 6.45) is 0. The van der Waals surface area contributed by atoms with Crippen molar-refractivity contribution in [2.75, 3.05) is 0 Å². The van der Waals surface area contributed by atoms with Crippen LogP contribution in [0.1, 0.15) is 0 Å². The highest BCUT2D eigenvalue weighted by atomic mass is 79.9. The Labute approximate surface area is 77.1 Å². The molecule has 0 heterocycles. The molecule has 0 atom stereocenters. The molecule has 0 radical (unpaired) electrons. The van der Waals surface area contributed by atoms with Gasteiger partial charge in [0.15, 0.2) is 0 Å². The summed E-state index contributed by atoms with van der Waals surface area (Å²) >= 11 is 7.49. The Bertz CT molecular complexity index is 300. The second kappa shape index (κ2) is 3.72. The van der Waals surface area contributed by atoms with Gasteiger partial charge in [0.25, 0.3) is 0 Å². The zero-order valence-corrected chi connectivity index (χ0v) is 7.75. The molecule has 0 fully saturated rings. The quantitative estimate of drug-likeness (QED) is 0.534. The van der Waals surface area contributed by atoms with Crippen molar-refractivity contribution in [2.24, 2.45) is 4.99 Å². The molecule has 56 valence electrons. The molecule has 1 aromatic rings. The molecule has 0 aliphatic carbocycles. The van der Waals surface area contributed by atoms with Gasteiger partial charge < -0.3 is 0 Å². The van der Waals surface area contributed by atoms with E-state index in [9.17, 15) is 4.39 Å². The van der Waals surface area contributed by atoms with Crippen LogP contribution in [0.15, 0.2) is 27.7 Å². The Morgan fingerprint density at radius 2 is 2.18 bits per heavy atom. The number of isothiocyanates is 1. The Hall–Kier alpha value is -0.570. The van der Waals surface area contributed by atoms with Crippen LogP contribution < -0.4 is 0 Å². The summed E-state index contributed by atoms with van der Waals surface area (Å²) in [7, 11) is 0. The second-order valence-electron chi connectivity index (χ2n) is 1.83. The van der Waals surface area contributed by atoms with Crippen molar-refractivity contribution in [2.45, 2.75) is 0 Å². The van der Waals surface area contributed by atoms with Gasteiger partial charge in [-0.25, -0.2) is 4.39 Å². The van der Waals surface area contributed by atoms with Crippen LogP contribution in [0.25, 0.3) is 0 Å². The molecule has 1 rings (SSSR count). The first-order chi connectivity index (χ1) is 5.22. The summed E-state index contributed by atoms with van der Waals surface area (Å²) in [6, 6.07) is 4.29. The summed E-state index contributed by atoms with van der Waals surface area (Å²) in [4.78, 5) is 3.62. The number of thiocarbonyl (C=S) groups is 1. The lowest BCUT2D eigenvalue weighted by molar-refractivity contribution is 0.627. The molecule has 0 aromatic heterocycles. The van der Waals surface area contributed by atoms with E-state index in [0.29, 0.717) is 10.2 Å². The van der Waals surface area contributed by atoms with Crippen LogP contribution in [0.4, 0.5) is 10.1 Å². The van der Waals surface area contributed by atoms with Gasteiger partial charge in [-0.2, -0.15) is 4.99 Å². The molecule has 0 N–H and O–H groups in total. The van der Waals surface area contributed by atoms with E-state index in [1.165, 1.54) is 12.1 Å². The van der Waals surface area contributed by atoms with E-state index in [1.807, 2.05) is 0 Å². The van der Waals surface area contributed by atoms with Gasteiger partial charge >= 0.3 is 0 Å². The van der Waals surface area contributed by atoms with Gasteiger partial charge in [0.05, 0.1) is 10.8 Å². The minimum Gasteiger partial charge on any atom is -0.207 e. The third-order valence-corrected chi connectivity index (χ3v) is 1.57. The van der Waals surface area contributed by atoms with Crippen molar-refractivity contribution >= 4 is 39.0 Å². The smallest absolute Gasteiger partial charge is 0.126 e.